The lowest BCUT2D eigenvalue weighted by atomic mass is 10.1. The van der Waals surface area contributed by atoms with Crippen LogP contribution < -0.4 is 0 Å². The molecule has 0 aromatic heterocycles. The summed E-state index contributed by atoms with van der Waals surface area (Å²) in [5.41, 5.74) is 0.692. The maximum atomic E-state index is 13.7. The van der Waals surface area contributed by atoms with Gasteiger partial charge in [-0.2, -0.15) is 0 Å². The van der Waals surface area contributed by atoms with E-state index in [9.17, 15) is 14.0 Å². The Morgan fingerprint density at radius 3 is 1.96 bits per heavy atom. The smallest absolute Gasteiger partial charge is 0.256 e. The van der Waals surface area contributed by atoms with Crippen molar-refractivity contribution in [2.75, 3.05) is 26.2 Å². The third kappa shape index (κ3) is 3.48. The van der Waals surface area contributed by atoms with Gasteiger partial charge in [-0.15, -0.1) is 0 Å². The van der Waals surface area contributed by atoms with Crippen LogP contribution in [0.5, 0.6) is 0 Å². The summed E-state index contributed by atoms with van der Waals surface area (Å²) in [4.78, 5) is 28.1. The van der Waals surface area contributed by atoms with Crippen molar-refractivity contribution in [3.8, 4) is 0 Å². The molecule has 2 aromatic rings. The van der Waals surface area contributed by atoms with Gasteiger partial charge in [0.25, 0.3) is 11.8 Å². The molecule has 3 rings (SSSR count). The van der Waals surface area contributed by atoms with E-state index in [0.717, 1.165) is 4.47 Å². The molecule has 1 saturated heterocycles. The molecule has 0 N–H and O–H groups in total. The topological polar surface area (TPSA) is 40.6 Å². The molecule has 4 nitrogen and oxygen atoms in total. The number of piperazine rings is 1. The Balaban J connectivity index is 1.63. The molecule has 1 fully saturated rings. The monoisotopic (exact) mass is 390 g/mol. The average molecular weight is 391 g/mol. The van der Waals surface area contributed by atoms with Gasteiger partial charge in [0.1, 0.15) is 5.82 Å². The Morgan fingerprint density at radius 1 is 0.833 bits per heavy atom. The highest BCUT2D eigenvalue weighted by molar-refractivity contribution is 9.10. The van der Waals surface area contributed by atoms with Crippen LogP contribution in [0.3, 0.4) is 0 Å². The van der Waals surface area contributed by atoms with E-state index in [4.69, 9.17) is 0 Å². The quantitative estimate of drug-likeness (QED) is 0.789. The van der Waals surface area contributed by atoms with E-state index in [1.807, 2.05) is 12.1 Å². The summed E-state index contributed by atoms with van der Waals surface area (Å²) in [5, 5.41) is 0. The summed E-state index contributed by atoms with van der Waals surface area (Å²) < 4.78 is 14.7. The maximum Gasteiger partial charge on any atom is 0.256 e. The van der Waals surface area contributed by atoms with Gasteiger partial charge in [0.05, 0.1) is 5.56 Å². The van der Waals surface area contributed by atoms with E-state index in [2.05, 4.69) is 15.9 Å². The molecule has 0 atom stereocenters. The standard InChI is InChI=1S/C18H16BrFN2O2/c19-14-7-5-13(6-8-14)17(23)21-9-11-22(12-10-21)18(24)15-3-1-2-4-16(15)20/h1-8H,9-12H2. The van der Waals surface area contributed by atoms with Crippen molar-refractivity contribution in [2.45, 2.75) is 0 Å². The number of halogens is 2. The van der Waals surface area contributed by atoms with Crippen LogP contribution >= 0.6 is 15.9 Å². The number of nitrogens with zero attached hydrogens (tertiary/aromatic N) is 2. The van der Waals surface area contributed by atoms with Gasteiger partial charge in [-0.3, -0.25) is 9.59 Å². The fraction of sp³-hybridized carbons (Fsp3) is 0.222. The molecule has 1 heterocycles. The number of hydrogen-bond donors (Lipinski definition) is 0. The Kier molecular flexibility index (Phi) is 4.94. The van der Waals surface area contributed by atoms with Gasteiger partial charge in [-0.1, -0.05) is 28.1 Å². The number of benzene rings is 2. The van der Waals surface area contributed by atoms with Crippen LogP contribution in [0, 0.1) is 5.82 Å². The van der Waals surface area contributed by atoms with E-state index < -0.39 is 5.82 Å². The van der Waals surface area contributed by atoms with Gasteiger partial charge >= 0.3 is 0 Å². The third-order valence-corrected chi connectivity index (χ3v) is 4.58. The fourth-order valence-electron chi connectivity index (χ4n) is 2.69. The average Bonchev–Trinajstić information content (AvgIpc) is 2.62. The van der Waals surface area contributed by atoms with Gasteiger partial charge in [-0.05, 0) is 36.4 Å². The molecule has 1 aliphatic rings. The summed E-state index contributed by atoms with van der Waals surface area (Å²) in [6.07, 6.45) is 0. The Bertz CT molecular complexity index is 756. The van der Waals surface area contributed by atoms with Crippen molar-refractivity contribution >= 4 is 27.7 Å². The minimum absolute atomic E-state index is 0.0551. The third-order valence-electron chi connectivity index (χ3n) is 4.05. The molecule has 24 heavy (non-hydrogen) atoms. The zero-order chi connectivity index (χ0) is 17.1. The second kappa shape index (κ2) is 7.13. The predicted octanol–water partition coefficient (Wildman–Crippen LogP) is 3.19. The van der Waals surface area contributed by atoms with Crippen LogP contribution in [0.2, 0.25) is 0 Å². The van der Waals surface area contributed by atoms with Gasteiger partial charge in [0, 0.05) is 36.2 Å². The molecule has 0 bridgehead atoms. The van der Waals surface area contributed by atoms with Crippen LogP contribution in [-0.2, 0) is 0 Å². The Morgan fingerprint density at radius 2 is 1.38 bits per heavy atom. The normalized spacial score (nSPS) is 14.6. The first-order chi connectivity index (χ1) is 11.6. The minimum Gasteiger partial charge on any atom is -0.335 e. The Hall–Kier alpha value is -2.21. The molecule has 6 heteroatoms. The van der Waals surface area contributed by atoms with Crippen molar-refractivity contribution in [3.63, 3.8) is 0 Å². The molecule has 124 valence electrons. The lowest BCUT2D eigenvalue weighted by Gasteiger charge is -2.35. The summed E-state index contributed by atoms with van der Waals surface area (Å²) in [6.45, 7) is 1.68. The molecule has 2 amide bonds. The lowest BCUT2D eigenvalue weighted by molar-refractivity contribution is 0.0533. The van der Waals surface area contributed by atoms with E-state index >= 15 is 0 Å². The molecular formula is C18H16BrFN2O2. The summed E-state index contributed by atoms with van der Waals surface area (Å²) in [5.74, 6) is -0.903. The first-order valence-electron chi connectivity index (χ1n) is 7.65. The zero-order valence-corrected chi connectivity index (χ0v) is 14.5. The summed E-state index contributed by atoms with van der Waals surface area (Å²) >= 11 is 3.34. The number of carbonyl (C=O) groups is 2. The molecular weight excluding hydrogens is 375 g/mol. The van der Waals surface area contributed by atoms with Crippen LogP contribution in [0.4, 0.5) is 4.39 Å². The number of hydrogen-bond acceptors (Lipinski definition) is 2. The molecule has 0 spiro atoms. The minimum atomic E-state index is -0.518. The Labute approximate surface area is 148 Å². The second-order valence-corrected chi connectivity index (χ2v) is 6.49. The van der Waals surface area contributed by atoms with Crippen molar-refractivity contribution in [1.82, 2.24) is 9.80 Å². The largest absolute Gasteiger partial charge is 0.335 e. The lowest BCUT2D eigenvalue weighted by Crippen LogP contribution is -2.50. The fourth-order valence-corrected chi connectivity index (χ4v) is 2.96. The van der Waals surface area contributed by atoms with Gasteiger partial charge in [0.15, 0.2) is 0 Å². The molecule has 0 radical (unpaired) electrons. The SMILES string of the molecule is O=C(c1ccc(Br)cc1)N1CCN(C(=O)c2ccccc2F)CC1. The van der Waals surface area contributed by atoms with Crippen molar-refractivity contribution in [1.29, 1.82) is 0 Å². The summed E-state index contributed by atoms with van der Waals surface area (Å²) in [7, 11) is 0. The van der Waals surface area contributed by atoms with Crippen LogP contribution in [0.25, 0.3) is 0 Å². The molecule has 0 unspecified atom stereocenters. The zero-order valence-electron chi connectivity index (χ0n) is 12.9. The van der Waals surface area contributed by atoms with Crippen molar-refractivity contribution in [3.05, 3.63) is 69.9 Å². The predicted molar refractivity (Wildman–Crippen MR) is 92.3 cm³/mol. The summed E-state index contributed by atoms with van der Waals surface area (Å²) in [6, 6.07) is 13.1. The van der Waals surface area contributed by atoms with E-state index in [1.54, 1.807) is 34.1 Å². The first kappa shape index (κ1) is 16.6. The van der Waals surface area contributed by atoms with Crippen molar-refractivity contribution < 1.29 is 14.0 Å². The van der Waals surface area contributed by atoms with Gasteiger partial charge in [0.2, 0.25) is 0 Å². The molecule has 0 saturated carbocycles. The molecule has 2 aromatic carbocycles. The number of rotatable bonds is 2. The van der Waals surface area contributed by atoms with Crippen LogP contribution in [0.1, 0.15) is 20.7 Å². The highest BCUT2D eigenvalue weighted by Gasteiger charge is 2.26. The molecule has 1 aliphatic heterocycles. The van der Waals surface area contributed by atoms with E-state index in [1.165, 1.54) is 12.1 Å². The van der Waals surface area contributed by atoms with Gasteiger partial charge in [-0.25, -0.2) is 4.39 Å². The highest BCUT2D eigenvalue weighted by atomic mass is 79.9. The number of amides is 2. The maximum absolute atomic E-state index is 13.7. The van der Waals surface area contributed by atoms with E-state index in [-0.39, 0.29) is 17.4 Å². The van der Waals surface area contributed by atoms with Crippen LogP contribution in [-0.4, -0.2) is 47.8 Å². The first-order valence-corrected chi connectivity index (χ1v) is 8.44. The second-order valence-electron chi connectivity index (χ2n) is 5.57. The van der Waals surface area contributed by atoms with Crippen molar-refractivity contribution in [2.24, 2.45) is 0 Å². The number of carbonyl (C=O) groups excluding carboxylic acids is 2. The van der Waals surface area contributed by atoms with Crippen LogP contribution in [0.15, 0.2) is 53.0 Å². The highest BCUT2D eigenvalue weighted by Crippen LogP contribution is 2.15. The van der Waals surface area contributed by atoms with E-state index in [0.29, 0.717) is 31.7 Å². The molecule has 0 aliphatic carbocycles. The van der Waals surface area contributed by atoms with Gasteiger partial charge < -0.3 is 9.80 Å².